The highest BCUT2D eigenvalue weighted by molar-refractivity contribution is 5.74. The molecule has 2 fully saturated rings. The highest BCUT2D eigenvalue weighted by atomic mass is 16.4. The molecule has 0 radical (unpaired) electrons. The van der Waals surface area contributed by atoms with Crippen molar-refractivity contribution in [3.8, 4) is 0 Å². The van der Waals surface area contributed by atoms with E-state index in [9.17, 15) is 9.90 Å². The van der Waals surface area contributed by atoms with Crippen LogP contribution < -0.4 is 0 Å². The van der Waals surface area contributed by atoms with Crippen LogP contribution in [0.25, 0.3) is 11.0 Å². The molecule has 2 aromatic rings. The number of para-hydroxylation sites is 2. The highest BCUT2D eigenvalue weighted by Crippen LogP contribution is 2.34. The summed E-state index contributed by atoms with van der Waals surface area (Å²) in [7, 11) is 0. The van der Waals surface area contributed by atoms with E-state index in [-0.39, 0.29) is 12.3 Å². The first-order chi connectivity index (χ1) is 11.7. The molecule has 1 saturated heterocycles. The third-order valence-electron chi connectivity index (χ3n) is 5.84. The molecule has 2 heterocycles. The Labute approximate surface area is 142 Å². The van der Waals surface area contributed by atoms with Crippen molar-refractivity contribution in [3.63, 3.8) is 0 Å². The second-order valence-corrected chi connectivity index (χ2v) is 7.39. The number of aromatic amines is 1. The number of carboxylic acids is 1. The van der Waals surface area contributed by atoms with Crippen LogP contribution in [0.3, 0.4) is 0 Å². The van der Waals surface area contributed by atoms with Gasteiger partial charge in [-0.25, -0.2) is 4.98 Å². The van der Waals surface area contributed by atoms with Crippen molar-refractivity contribution >= 4 is 17.0 Å². The number of nitrogens with zero attached hydrogens (tertiary/aromatic N) is 2. The maximum Gasteiger partial charge on any atom is 0.303 e. The number of imidazole rings is 1. The molecule has 1 aliphatic heterocycles. The lowest BCUT2D eigenvalue weighted by atomic mass is 9.79. The van der Waals surface area contributed by atoms with E-state index in [0.29, 0.717) is 5.92 Å². The second-order valence-electron chi connectivity index (χ2n) is 7.39. The number of carbonyl (C=O) groups is 1. The van der Waals surface area contributed by atoms with Gasteiger partial charge in [-0.1, -0.05) is 18.6 Å². The molecule has 0 bridgehead atoms. The molecule has 4 rings (SSSR count). The second kappa shape index (κ2) is 6.55. The van der Waals surface area contributed by atoms with Gasteiger partial charge in [-0.05, 0) is 49.8 Å². The summed E-state index contributed by atoms with van der Waals surface area (Å²) >= 11 is 0. The zero-order valence-corrected chi connectivity index (χ0v) is 13.9. The van der Waals surface area contributed by atoms with Crippen molar-refractivity contribution in [2.75, 3.05) is 13.1 Å². The van der Waals surface area contributed by atoms with E-state index in [1.807, 2.05) is 24.3 Å². The van der Waals surface area contributed by atoms with E-state index < -0.39 is 5.97 Å². The van der Waals surface area contributed by atoms with Gasteiger partial charge in [0.2, 0.25) is 0 Å². The number of hydrogen-bond donors (Lipinski definition) is 2. The lowest BCUT2D eigenvalue weighted by Crippen LogP contribution is -2.49. The van der Waals surface area contributed by atoms with Crippen molar-refractivity contribution < 1.29 is 9.90 Å². The number of piperidine rings is 1. The first-order valence-corrected chi connectivity index (χ1v) is 9.08. The Bertz CT molecular complexity index is 689. The molecule has 2 N–H and O–H groups in total. The van der Waals surface area contributed by atoms with Crippen molar-refractivity contribution in [1.29, 1.82) is 0 Å². The Morgan fingerprint density at radius 2 is 2.08 bits per heavy atom. The summed E-state index contributed by atoms with van der Waals surface area (Å²) in [6.07, 6.45) is 6.07. The number of fused-ring (bicyclic) bond motifs is 1. The maximum absolute atomic E-state index is 11.3. The smallest absolute Gasteiger partial charge is 0.303 e. The number of rotatable bonds is 5. The van der Waals surface area contributed by atoms with E-state index in [1.165, 1.54) is 19.3 Å². The zero-order valence-electron chi connectivity index (χ0n) is 13.9. The van der Waals surface area contributed by atoms with Gasteiger partial charge in [0.05, 0.1) is 11.0 Å². The normalized spacial score (nSPS) is 25.7. The van der Waals surface area contributed by atoms with Gasteiger partial charge in [-0.15, -0.1) is 0 Å². The molecule has 1 saturated carbocycles. The monoisotopic (exact) mass is 327 g/mol. The summed E-state index contributed by atoms with van der Waals surface area (Å²) in [4.78, 5) is 22.0. The molecule has 0 spiro atoms. The van der Waals surface area contributed by atoms with Crippen LogP contribution in [0.2, 0.25) is 0 Å². The average molecular weight is 327 g/mol. The minimum atomic E-state index is -0.674. The number of aliphatic carboxylic acids is 1. The molecule has 1 aliphatic carbocycles. The van der Waals surface area contributed by atoms with Crippen molar-refractivity contribution in [2.24, 2.45) is 11.8 Å². The van der Waals surface area contributed by atoms with Crippen molar-refractivity contribution in [1.82, 2.24) is 14.9 Å². The summed E-state index contributed by atoms with van der Waals surface area (Å²) in [5.74, 6) is 0.946. The number of benzene rings is 1. The zero-order chi connectivity index (χ0) is 16.5. The van der Waals surface area contributed by atoms with E-state index in [1.54, 1.807) is 0 Å². The lowest BCUT2D eigenvalue weighted by molar-refractivity contribution is -0.139. The third kappa shape index (κ3) is 3.18. The van der Waals surface area contributed by atoms with Crippen LogP contribution in [0.4, 0.5) is 0 Å². The van der Waals surface area contributed by atoms with Gasteiger partial charge in [0, 0.05) is 25.4 Å². The molecule has 1 aromatic carbocycles. The van der Waals surface area contributed by atoms with Gasteiger partial charge in [-0.2, -0.15) is 0 Å². The fourth-order valence-corrected chi connectivity index (χ4v) is 4.27. The summed E-state index contributed by atoms with van der Waals surface area (Å²) < 4.78 is 0. The molecular weight excluding hydrogens is 302 g/mol. The summed E-state index contributed by atoms with van der Waals surface area (Å²) in [5.41, 5.74) is 2.06. The van der Waals surface area contributed by atoms with Crippen LogP contribution in [0.15, 0.2) is 24.3 Å². The SMILES string of the molecule is O=C(O)CC1CCN(C2CCC2)CC1Cc1nc2ccccc2[nH]1. The molecule has 2 atom stereocenters. The number of likely N-dealkylation sites (tertiary alicyclic amines) is 1. The predicted octanol–water partition coefficient (Wildman–Crippen LogP) is 3.07. The van der Waals surface area contributed by atoms with Crippen LogP contribution in [0.5, 0.6) is 0 Å². The third-order valence-corrected chi connectivity index (χ3v) is 5.84. The minimum Gasteiger partial charge on any atom is -0.481 e. The van der Waals surface area contributed by atoms with Crippen LogP contribution in [0, 0.1) is 11.8 Å². The largest absolute Gasteiger partial charge is 0.481 e. The minimum absolute atomic E-state index is 0.257. The van der Waals surface area contributed by atoms with Gasteiger partial charge in [0.25, 0.3) is 0 Å². The predicted molar refractivity (Wildman–Crippen MR) is 92.9 cm³/mol. The molecular formula is C19H25N3O2. The quantitative estimate of drug-likeness (QED) is 0.885. The fraction of sp³-hybridized carbons (Fsp3) is 0.579. The first kappa shape index (κ1) is 15.6. The van der Waals surface area contributed by atoms with Crippen LogP contribution >= 0.6 is 0 Å². The lowest BCUT2D eigenvalue weighted by Gasteiger charge is -2.45. The van der Waals surface area contributed by atoms with Gasteiger partial charge in [0.1, 0.15) is 5.82 Å². The Morgan fingerprint density at radius 1 is 1.25 bits per heavy atom. The molecule has 1 aromatic heterocycles. The highest BCUT2D eigenvalue weighted by Gasteiger charge is 2.35. The number of hydrogen-bond acceptors (Lipinski definition) is 3. The van der Waals surface area contributed by atoms with Crippen LogP contribution in [0.1, 0.15) is 37.9 Å². The molecule has 128 valence electrons. The summed E-state index contributed by atoms with van der Waals surface area (Å²) in [6.45, 7) is 2.07. The fourth-order valence-electron chi connectivity index (χ4n) is 4.27. The van der Waals surface area contributed by atoms with Gasteiger partial charge < -0.3 is 15.0 Å². The van der Waals surface area contributed by atoms with E-state index in [2.05, 4.69) is 9.88 Å². The first-order valence-electron chi connectivity index (χ1n) is 9.08. The van der Waals surface area contributed by atoms with E-state index >= 15 is 0 Å². The van der Waals surface area contributed by atoms with Crippen LogP contribution in [-0.4, -0.2) is 45.1 Å². The molecule has 2 unspecified atom stereocenters. The van der Waals surface area contributed by atoms with E-state index in [4.69, 9.17) is 4.98 Å². The molecule has 5 nitrogen and oxygen atoms in total. The van der Waals surface area contributed by atoms with Crippen LogP contribution in [-0.2, 0) is 11.2 Å². The molecule has 0 amide bonds. The van der Waals surface area contributed by atoms with Gasteiger partial charge in [-0.3, -0.25) is 4.79 Å². The Kier molecular flexibility index (Phi) is 4.27. The average Bonchev–Trinajstić information content (AvgIpc) is 2.90. The standard InChI is InChI=1S/C19H25N3O2/c23-19(24)11-13-8-9-22(15-4-3-5-15)12-14(13)10-18-20-16-6-1-2-7-17(16)21-18/h1-2,6-7,13-15H,3-5,8-12H2,(H,20,21)(H,23,24). The number of carboxylic acid groups (broad SMARTS) is 1. The summed E-state index contributed by atoms with van der Waals surface area (Å²) in [6, 6.07) is 8.80. The molecule has 24 heavy (non-hydrogen) atoms. The number of nitrogens with one attached hydrogen (secondary N) is 1. The number of H-pyrrole nitrogens is 1. The summed E-state index contributed by atoms with van der Waals surface area (Å²) in [5, 5.41) is 9.26. The van der Waals surface area contributed by atoms with E-state index in [0.717, 1.165) is 48.8 Å². The topological polar surface area (TPSA) is 69.2 Å². The maximum atomic E-state index is 11.3. The van der Waals surface area contributed by atoms with Crippen molar-refractivity contribution in [2.45, 2.75) is 44.6 Å². The van der Waals surface area contributed by atoms with Crippen molar-refractivity contribution in [3.05, 3.63) is 30.1 Å². The Hall–Kier alpha value is -1.88. The van der Waals surface area contributed by atoms with Gasteiger partial charge >= 0.3 is 5.97 Å². The van der Waals surface area contributed by atoms with Gasteiger partial charge in [0.15, 0.2) is 0 Å². The Balaban J connectivity index is 1.51. The molecule has 2 aliphatic rings. The number of aromatic nitrogens is 2. The Morgan fingerprint density at radius 3 is 2.79 bits per heavy atom. The molecule has 5 heteroatoms.